The van der Waals surface area contributed by atoms with E-state index in [9.17, 15) is 4.79 Å². The summed E-state index contributed by atoms with van der Waals surface area (Å²) >= 11 is 0. The molecule has 0 aliphatic rings. The molecule has 0 radical (unpaired) electrons. The summed E-state index contributed by atoms with van der Waals surface area (Å²) in [5.41, 5.74) is 1.95. The van der Waals surface area contributed by atoms with Gasteiger partial charge in [-0.25, -0.2) is 0 Å². The minimum Gasteiger partial charge on any atom is -0.361 e. The van der Waals surface area contributed by atoms with E-state index in [1.807, 2.05) is 13.8 Å². The van der Waals surface area contributed by atoms with Gasteiger partial charge < -0.3 is 9.84 Å². The lowest BCUT2D eigenvalue weighted by atomic mass is 10.1. The Morgan fingerprint density at radius 3 is 2.65 bits per heavy atom. The Bertz CT molecular complexity index is 350. The fraction of sp³-hybridized carbons (Fsp3) is 0.692. The van der Waals surface area contributed by atoms with Crippen molar-refractivity contribution in [1.29, 1.82) is 0 Å². The van der Waals surface area contributed by atoms with E-state index < -0.39 is 0 Å². The molecule has 4 nitrogen and oxygen atoms in total. The van der Waals surface area contributed by atoms with Crippen LogP contribution in [0.1, 0.15) is 43.7 Å². The molecule has 17 heavy (non-hydrogen) atoms. The maximum Gasteiger partial charge on any atom is 0.220 e. The van der Waals surface area contributed by atoms with E-state index in [2.05, 4.69) is 24.3 Å². The number of hydrogen-bond donors (Lipinski definition) is 1. The third-order valence-electron chi connectivity index (χ3n) is 2.83. The highest BCUT2D eigenvalue weighted by Gasteiger charge is 2.10. The van der Waals surface area contributed by atoms with Crippen molar-refractivity contribution in [2.75, 3.05) is 6.54 Å². The van der Waals surface area contributed by atoms with Gasteiger partial charge in [-0.1, -0.05) is 19.0 Å². The van der Waals surface area contributed by atoms with Gasteiger partial charge in [0.05, 0.1) is 5.69 Å². The number of aromatic nitrogens is 1. The highest BCUT2D eigenvalue weighted by molar-refractivity contribution is 5.76. The van der Waals surface area contributed by atoms with Gasteiger partial charge in [-0.2, -0.15) is 0 Å². The number of aryl methyl sites for hydroxylation is 2. The standard InChI is InChI=1S/C13H22N2O2/c1-9(2)7-8-14-13(16)6-5-12-10(3)15-17-11(12)4/h9H,5-8H2,1-4H3,(H,14,16). The lowest BCUT2D eigenvalue weighted by Crippen LogP contribution is -2.25. The van der Waals surface area contributed by atoms with Crippen LogP contribution in [0.25, 0.3) is 0 Å². The summed E-state index contributed by atoms with van der Waals surface area (Å²) in [6.45, 7) is 8.85. The summed E-state index contributed by atoms with van der Waals surface area (Å²) in [5, 5.41) is 6.80. The van der Waals surface area contributed by atoms with Gasteiger partial charge in [0.2, 0.25) is 5.91 Å². The molecule has 0 saturated carbocycles. The minimum atomic E-state index is 0.102. The molecule has 4 heteroatoms. The Hall–Kier alpha value is -1.32. The van der Waals surface area contributed by atoms with Crippen molar-refractivity contribution in [3.63, 3.8) is 0 Å². The summed E-state index contributed by atoms with van der Waals surface area (Å²) in [6, 6.07) is 0. The van der Waals surface area contributed by atoms with Crippen molar-refractivity contribution in [1.82, 2.24) is 10.5 Å². The Kier molecular flexibility index (Phi) is 5.19. The first-order valence-corrected chi connectivity index (χ1v) is 6.19. The monoisotopic (exact) mass is 238 g/mol. The molecule has 96 valence electrons. The molecule has 0 aliphatic carbocycles. The van der Waals surface area contributed by atoms with Crippen LogP contribution in [0, 0.1) is 19.8 Å². The Labute approximate surface area is 103 Å². The van der Waals surface area contributed by atoms with E-state index in [1.165, 1.54) is 0 Å². The van der Waals surface area contributed by atoms with Crippen molar-refractivity contribution >= 4 is 5.91 Å². The molecular weight excluding hydrogens is 216 g/mol. The van der Waals surface area contributed by atoms with Crippen molar-refractivity contribution in [2.45, 2.75) is 47.0 Å². The molecular formula is C13H22N2O2. The van der Waals surface area contributed by atoms with Gasteiger partial charge in [0, 0.05) is 18.5 Å². The molecule has 0 aliphatic heterocycles. The summed E-state index contributed by atoms with van der Waals surface area (Å²) in [4.78, 5) is 11.6. The maximum absolute atomic E-state index is 11.6. The summed E-state index contributed by atoms with van der Waals surface area (Å²) < 4.78 is 5.06. The van der Waals surface area contributed by atoms with Crippen molar-refractivity contribution in [2.24, 2.45) is 5.92 Å². The second-order valence-electron chi connectivity index (χ2n) is 4.84. The van der Waals surface area contributed by atoms with Crippen LogP contribution >= 0.6 is 0 Å². The second-order valence-corrected chi connectivity index (χ2v) is 4.84. The number of hydrogen-bond acceptors (Lipinski definition) is 3. The molecule has 1 N–H and O–H groups in total. The van der Waals surface area contributed by atoms with Crippen molar-refractivity contribution in [3.05, 3.63) is 17.0 Å². The van der Waals surface area contributed by atoms with Crippen molar-refractivity contribution < 1.29 is 9.32 Å². The lowest BCUT2D eigenvalue weighted by Gasteiger charge is -2.06. The molecule has 0 spiro atoms. The Morgan fingerprint density at radius 1 is 1.41 bits per heavy atom. The minimum absolute atomic E-state index is 0.102. The van der Waals surface area contributed by atoms with Crippen LogP contribution in [0.15, 0.2) is 4.52 Å². The van der Waals surface area contributed by atoms with E-state index in [1.54, 1.807) is 0 Å². The maximum atomic E-state index is 11.6. The van der Waals surface area contributed by atoms with Crippen LogP contribution in [0.2, 0.25) is 0 Å². The third kappa shape index (κ3) is 4.59. The van der Waals surface area contributed by atoms with Gasteiger partial charge >= 0.3 is 0 Å². The first kappa shape index (κ1) is 13.7. The fourth-order valence-corrected chi connectivity index (χ4v) is 1.69. The van der Waals surface area contributed by atoms with Gasteiger partial charge in [-0.15, -0.1) is 0 Å². The van der Waals surface area contributed by atoms with E-state index in [-0.39, 0.29) is 5.91 Å². The highest BCUT2D eigenvalue weighted by Crippen LogP contribution is 2.14. The average Bonchev–Trinajstić information content (AvgIpc) is 2.55. The van der Waals surface area contributed by atoms with E-state index in [0.29, 0.717) is 18.8 Å². The number of rotatable bonds is 6. The zero-order valence-corrected chi connectivity index (χ0v) is 11.2. The molecule has 0 saturated heterocycles. The first-order valence-electron chi connectivity index (χ1n) is 6.19. The number of carbonyl (C=O) groups excluding carboxylic acids is 1. The fourth-order valence-electron chi connectivity index (χ4n) is 1.69. The number of carbonyl (C=O) groups is 1. The predicted molar refractivity (Wildman–Crippen MR) is 66.8 cm³/mol. The predicted octanol–water partition coefficient (Wildman–Crippen LogP) is 2.39. The van der Waals surface area contributed by atoms with Gasteiger partial charge in [0.15, 0.2) is 0 Å². The zero-order chi connectivity index (χ0) is 12.8. The van der Waals surface area contributed by atoms with E-state index >= 15 is 0 Å². The molecule has 0 unspecified atom stereocenters. The van der Waals surface area contributed by atoms with Crippen LogP contribution in [-0.2, 0) is 11.2 Å². The lowest BCUT2D eigenvalue weighted by molar-refractivity contribution is -0.121. The van der Waals surface area contributed by atoms with E-state index in [0.717, 1.165) is 30.0 Å². The van der Waals surface area contributed by atoms with Crippen LogP contribution in [-0.4, -0.2) is 17.6 Å². The topological polar surface area (TPSA) is 55.1 Å². The van der Waals surface area contributed by atoms with Crippen molar-refractivity contribution in [3.8, 4) is 0 Å². The van der Waals surface area contributed by atoms with Gasteiger partial charge in [0.25, 0.3) is 0 Å². The molecule has 1 aromatic heterocycles. The van der Waals surface area contributed by atoms with E-state index in [4.69, 9.17) is 4.52 Å². The molecule has 1 rings (SSSR count). The summed E-state index contributed by atoms with van der Waals surface area (Å²) in [7, 11) is 0. The summed E-state index contributed by atoms with van der Waals surface area (Å²) in [5.74, 6) is 1.54. The number of nitrogens with zero attached hydrogens (tertiary/aromatic N) is 1. The highest BCUT2D eigenvalue weighted by atomic mass is 16.5. The average molecular weight is 238 g/mol. The molecule has 1 amide bonds. The second kappa shape index (κ2) is 6.42. The largest absolute Gasteiger partial charge is 0.361 e. The Balaban J connectivity index is 2.29. The molecule has 0 fully saturated rings. The normalized spacial score (nSPS) is 10.9. The quantitative estimate of drug-likeness (QED) is 0.828. The molecule has 1 aromatic rings. The van der Waals surface area contributed by atoms with Gasteiger partial charge in [-0.3, -0.25) is 4.79 Å². The van der Waals surface area contributed by atoms with Gasteiger partial charge in [0.1, 0.15) is 5.76 Å². The number of nitrogens with one attached hydrogen (secondary N) is 1. The molecule has 0 atom stereocenters. The van der Waals surface area contributed by atoms with Crippen LogP contribution in [0.3, 0.4) is 0 Å². The van der Waals surface area contributed by atoms with Crippen LogP contribution < -0.4 is 5.32 Å². The SMILES string of the molecule is Cc1noc(C)c1CCC(=O)NCCC(C)C. The Morgan fingerprint density at radius 2 is 2.12 bits per heavy atom. The summed E-state index contributed by atoms with van der Waals surface area (Å²) in [6.07, 6.45) is 2.23. The number of amides is 1. The van der Waals surface area contributed by atoms with Gasteiger partial charge in [-0.05, 0) is 32.6 Å². The van der Waals surface area contributed by atoms with Crippen LogP contribution in [0.5, 0.6) is 0 Å². The van der Waals surface area contributed by atoms with Crippen LogP contribution in [0.4, 0.5) is 0 Å². The smallest absolute Gasteiger partial charge is 0.220 e. The molecule has 0 bridgehead atoms. The third-order valence-corrected chi connectivity index (χ3v) is 2.83. The first-order chi connectivity index (χ1) is 8.00. The zero-order valence-electron chi connectivity index (χ0n) is 11.2. The molecule has 1 heterocycles. The molecule has 0 aromatic carbocycles.